The standard InChI is InChI=1S/C16H21N3O3S/c1-3-19-16-11-18(10-13(12-22-2)15(16)9-17-19)23(20,21)14-7-5-4-6-8-14/h4-9,13H,3,10-12H2,1-2H3. The zero-order valence-corrected chi connectivity index (χ0v) is 14.2. The van der Waals surface area contributed by atoms with Gasteiger partial charge < -0.3 is 4.74 Å². The number of hydrogen-bond donors (Lipinski definition) is 0. The van der Waals surface area contributed by atoms with Crippen molar-refractivity contribution in [2.24, 2.45) is 0 Å². The van der Waals surface area contributed by atoms with E-state index in [1.54, 1.807) is 31.4 Å². The van der Waals surface area contributed by atoms with Crippen LogP contribution in [0.1, 0.15) is 24.1 Å². The van der Waals surface area contributed by atoms with Crippen LogP contribution in [0.15, 0.2) is 41.4 Å². The van der Waals surface area contributed by atoms with Crippen molar-refractivity contribution < 1.29 is 13.2 Å². The van der Waals surface area contributed by atoms with Crippen molar-refractivity contribution in [2.45, 2.75) is 30.8 Å². The van der Waals surface area contributed by atoms with E-state index in [4.69, 9.17) is 4.74 Å². The number of hydrogen-bond acceptors (Lipinski definition) is 4. The maximum Gasteiger partial charge on any atom is 0.243 e. The Kier molecular flexibility index (Phi) is 4.52. The number of sulfonamides is 1. The minimum Gasteiger partial charge on any atom is -0.384 e. The lowest BCUT2D eigenvalue weighted by atomic mass is 9.97. The monoisotopic (exact) mass is 335 g/mol. The molecule has 2 heterocycles. The Morgan fingerprint density at radius 1 is 1.30 bits per heavy atom. The minimum absolute atomic E-state index is 0.00235. The fourth-order valence-corrected chi connectivity index (χ4v) is 4.52. The molecular weight excluding hydrogens is 314 g/mol. The Bertz CT molecular complexity index is 771. The van der Waals surface area contributed by atoms with Crippen molar-refractivity contribution in [3.05, 3.63) is 47.8 Å². The van der Waals surface area contributed by atoms with Gasteiger partial charge in [-0.25, -0.2) is 8.42 Å². The Labute approximate surface area is 136 Å². The second-order valence-electron chi connectivity index (χ2n) is 5.63. The topological polar surface area (TPSA) is 64.4 Å². The summed E-state index contributed by atoms with van der Waals surface area (Å²) in [6.45, 7) is 3.95. The predicted octanol–water partition coefficient (Wildman–Crippen LogP) is 1.84. The first-order valence-electron chi connectivity index (χ1n) is 7.66. The van der Waals surface area contributed by atoms with E-state index in [0.29, 0.717) is 31.1 Å². The molecule has 0 saturated carbocycles. The van der Waals surface area contributed by atoms with Gasteiger partial charge in [-0.3, -0.25) is 4.68 Å². The molecule has 0 saturated heterocycles. The molecule has 6 nitrogen and oxygen atoms in total. The predicted molar refractivity (Wildman–Crippen MR) is 86.6 cm³/mol. The van der Waals surface area contributed by atoms with Crippen molar-refractivity contribution in [1.29, 1.82) is 0 Å². The van der Waals surface area contributed by atoms with E-state index >= 15 is 0 Å². The van der Waals surface area contributed by atoms with Crippen molar-refractivity contribution >= 4 is 10.0 Å². The van der Waals surface area contributed by atoms with Gasteiger partial charge in [0.1, 0.15) is 0 Å². The first-order chi connectivity index (χ1) is 11.1. The number of fused-ring (bicyclic) bond motifs is 1. The van der Waals surface area contributed by atoms with Crippen molar-refractivity contribution in [2.75, 3.05) is 20.3 Å². The van der Waals surface area contributed by atoms with E-state index in [1.807, 2.05) is 23.9 Å². The maximum absolute atomic E-state index is 12.9. The third-order valence-corrected chi connectivity index (χ3v) is 6.05. The SMILES string of the molecule is CCn1ncc2c1CN(S(=O)(=O)c1ccccc1)CC2COC. The molecule has 0 amide bonds. The van der Waals surface area contributed by atoms with Gasteiger partial charge in [0.05, 0.1) is 29.9 Å². The van der Waals surface area contributed by atoms with Gasteiger partial charge in [0.15, 0.2) is 0 Å². The first-order valence-corrected chi connectivity index (χ1v) is 9.10. The van der Waals surface area contributed by atoms with Crippen LogP contribution in [0.3, 0.4) is 0 Å². The second kappa shape index (κ2) is 6.43. The van der Waals surface area contributed by atoms with Crippen LogP contribution in [0, 0.1) is 0 Å². The zero-order chi connectivity index (χ0) is 16.4. The molecular formula is C16H21N3O3S. The summed E-state index contributed by atoms with van der Waals surface area (Å²) in [6.07, 6.45) is 1.84. The summed E-state index contributed by atoms with van der Waals surface area (Å²) in [4.78, 5) is 0.321. The first kappa shape index (κ1) is 16.2. The summed E-state index contributed by atoms with van der Waals surface area (Å²) < 4.78 is 34.5. The number of aryl methyl sites for hydroxylation is 1. The quantitative estimate of drug-likeness (QED) is 0.836. The molecule has 0 aliphatic carbocycles. The highest BCUT2D eigenvalue weighted by Gasteiger charge is 2.35. The molecule has 2 aromatic rings. The highest BCUT2D eigenvalue weighted by Crippen LogP contribution is 2.32. The Hall–Kier alpha value is -1.70. The third kappa shape index (κ3) is 2.91. The Morgan fingerprint density at radius 3 is 2.70 bits per heavy atom. The molecule has 1 aliphatic heterocycles. The lowest BCUT2D eigenvalue weighted by molar-refractivity contribution is 0.162. The van der Waals surface area contributed by atoms with Crippen molar-refractivity contribution in [3.8, 4) is 0 Å². The lowest BCUT2D eigenvalue weighted by Gasteiger charge is -2.32. The summed E-state index contributed by atoms with van der Waals surface area (Å²) in [7, 11) is -1.89. The number of ether oxygens (including phenoxy) is 1. The largest absolute Gasteiger partial charge is 0.384 e. The molecule has 0 radical (unpaired) electrons. The molecule has 1 unspecified atom stereocenters. The van der Waals surface area contributed by atoms with E-state index < -0.39 is 10.0 Å². The normalized spacial score (nSPS) is 18.8. The number of methoxy groups -OCH3 is 1. The van der Waals surface area contributed by atoms with Crippen LogP contribution in [0.5, 0.6) is 0 Å². The van der Waals surface area contributed by atoms with Crippen LogP contribution in [0.2, 0.25) is 0 Å². The third-order valence-electron chi connectivity index (χ3n) is 4.22. The summed E-state index contributed by atoms with van der Waals surface area (Å²) in [5.41, 5.74) is 2.05. The van der Waals surface area contributed by atoms with Crippen LogP contribution in [0.4, 0.5) is 0 Å². The van der Waals surface area contributed by atoms with Gasteiger partial charge in [0.25, 0.3) is 0 Å². The summed E-state index contributed by atoms with van der Waals surface area (Å²) in [5, 5.41) is 4.38. The van der Waals surface area contributed by atoms with Crippen molar-refractivity contribution in [1.82, 2.24) is 14.1 Å². The minimum atomic E-state index is -3.52. The highest BCUT2D eigenvalue weighted by atomic mass is 32.2. The number of rotatable bonds is 5. The molecule has 23 heavy (non-hydrogen) atoms. The van der Waals surface area contributed by atoms with Gasteiger partial charge in [0, 0.05) is 31.7 Å². The maximum atomic E-state index is 12.9. The molecule has 0 fully saturated rings. The zero-order valence-electron chi connectivity index (χ0n) is 13.3. The lowest BCUT2D eigenvalue weighted by Crippen LogP contribution is -2.40. The van der Waals surface area contributed by atoms with Crippen LogP contribution in [0.25, 0.3) is 0 Å². The number of aromatic nitrogens is 2. The Morgan fingerprint density at radius 2 is 2.04 bits per heavy atom. The molecule has 0 N–H and O–H groups in total. The molecule has 1 atom stereocenters. The molecule has 1 aromatic carbocycles. The van der Waals surface area contributed by atoms with E-state index in [-0.39, 0.29) is 5.92 Å². The van der Waals surface area contributed by atoms with E-state index in [1.165, 1.54) is 4.31 Å². The van der Waals surface area contributed by atoms with Crippen LogP contribution in [-0.4, -0.2) is 42.8 Å². The smallest absolute Gasteiger partial charge is 0.243 e. The van der Waals surface area contributed by atoms with E-state index in [2.05, 4.69) is 5.10 Å². The van der Waals surface area contributed by atoms with Gasteiger partial charge >= 0.3 is 0 Å². The van der Waals surface area contributed by atoms with Crippen LogP contribution >= 0.6 is 0 Å². The number of benzene rings is 1. The molecule has 7 heteroatoms. The summed E-state index contributed by atoms with van der Waals surface area (Å²) in [5.74, 6) is 0.00235. The van der Waals surface area contributed by atoms with Crippen LogP contribution in [-0.2, 0) is 27.8 Å². The van der Waals surface area contributed by atoms with E-state index in [9.17, 15) is 8.42 Å². The van der Waals surface area contributed by atoms with Gasteiger partial charge in [-0.2, -0.15) is 9.40 Å². The summed E-state index contributed by atoms with van der Waals surface area (Å²) >= 11 is 0. The molecule has 124 valence electrons. The fraction of sp³-hybridized carbons (Fsp3) is 0.438. The van der Waals surface area contributed by atoms with Gasteiger partial charge in [-0.15, -0.1) is 0 Å². The molecule has 1 aliphatic rings. The van der Waals surface area contributed by atoms with Gasteiger partial charge in [-0.1, -0.05) is 18.2 Å². The fourth-order valence-electron chi connectivity index (χ4n) is 3.06. The average Bonchev–Trinajstić information content (AvgIpc) is 2.99. The van der Waals surface area contributed by atoms with Gasteiger partial charge in [0.2, 0.25) is 10.0 Å². The molecule has 0 spiro atoms. The average molecular weight is 335 g/mol. The summed E-state index contributed by atoms with van der Waals surface area (Å²) in [6, 6.07) is 8.56. The van der Waals surface area contributed by atoms with E-state index in [0.717, 1.165) is 11.3 Å². The molecule has 0 bridgehead atoms. The van der Waals surface area contributed by atoms with Crippen LogP contribution < -0.4 is 0 Å². The molecule has 3 rings (SSSR count). The number of nitrogens with zero attached hydrogens (tertiary/aromatic N) is 3. The van der Waals surface area contributed by atoms with Gasteiger partial charge in [-0.05, 0) is 19.1 Å². The molecule has 1 aromatic heterocycles. The van der Waals surface area contributed by atoms with Crippen molar-refractivity contribution in [3.63, 3.8) is 0 Å². The second-order valence-corrected chi connectivity index (χ2v) is 7.56. The highest BCUT2D eigenvalue weighted by molar-refractivity contribution is 7.89. The Balaban J connectivity index is 1.99.